The zero-order valence-corrected chi connectivity index (χ0v) is 17.6. The Bertz CT molecular complexity index is 777. The van der Waals surface area contributed by atoms with Crippen molar-refractivity contribution in [1.82, 2.24) is 5.32 Å². The predicted molar refractivity (Wildman–Crippen MR) is 96.0 cm³/mol. The SMILES string of the molecule is CO[C@@H]1C(C(=O)O)O[C@@H](OC2[C@@H](OS(=O)(=O)O)C(CO)O[C@@H](O)[C@H]2NC(C)=O)[C@@H](O)C1O. The van der Waals surface area contributed by atoms with E-state index >= 15 is 0 Å². The van der Waals surface area contributed by atoms with Crippen molar-refractivity contribution >= 4 is 22.3 Å². The molecule has 17 heteroatoms. The number of carbonyl (C=O) groups excluding carboxylic acids is 1. The zero-order valence-electron chi connectivity index (χ0n) is 16.7. The topological polar surface area (TPSA) is 248 Å². The molecule has 2 fully saturated rings. The van der Waals surface area contributed by atoms with Crippen LogP contribution in [-0.2, 0) is 43.1 Å². The number of amides is 1. The molecular formula is C15H25NO15S. The van der Waals surface area contributed by atoms with Gasteiger partial charge >= 0.3 is 16.4 Å². The highest BCUT2D eigenvalue weighted by atomic mass is 32.3. The maximum Gasteiger partial charge on any atom is 0.397 e. The van der Waals surface area contributed by atoms with Crippen molar-refractivity contribution in [3.8, 4) is 0 Å². The van der Waals surface area contributed by atoms with Crippen LogP contribution in [0.2, 0.25) is 0 Å². The molecule has 2 rings (SSSR count). The Labute approximate surface area is 181 Å². The smallest absolute Gasteiger partial charge is 0.397 e. The first-order chi connectivity index (χ1) is 14.8. The minimum absolute atomic E-state index is 0.757. The Morgan fingerprint density at radius 1 is 1.06 bits per heavy atom. The highest BCUT2D eigenvalue weighted by molar-refractivity contribution is 7.80. The van der Waals surface area contributed by atoms with Gasteiger partial charge in [0.2, 0.25) is 5.91 Å². The monoisotopic (exact) mass is 491 g/mol. The quantitative estimate of drug-likeness (QED) is 0.158. The number of carboxylic acids is 1. The van der Waals surface area contributed by atoms with E-state index in [4.69, 9.17) is 23.5 Å². The van der Waals surface area contributed by atoms with E-state index in [-0.39, 0.29) is 0 Å². The van der Waals surface area contributed by atoms with Gasteiger partial charge in [0.15, 0.2) is 18.7 Å². The third kappa shape index (κ3) is 6.08. The normalized spacial score (nSPS) is 40.6. The fourth-order valence-corrected chi connectivity index (χ4v) is 3.95. The molecule has 4 unspecified atom stereocenters. The molecule has 16 nitrogen and oxygen atoms in total. The van der Waals surface area contributed by atoms with Crippen LogP contribution in [0.5, 0.6) is 0 Å². The van der Waals surface area contributed by atoms with E-state index in [1.807, 2.05) is 0 Å². The summed E-state index contributed by atoms with van der Waals surface area (Å²) in [6.07, 6.45) is -16.4. The van der Waals surface area contributed by atoms with Crippen molar-refractivity contribution in [1.29, 1.82) is 0 Å². The molecule has 2 aliphatic heterocycles. The molecule has 32 heavy (non-hydrogen) atoms. The average Bonchev–Trinajstić information content (AvgIpc) is 2.68. The van der Waals surface area contributed by atoms with Crippen molar-refractivity contribution in [2.24, 2.45) is 0 Å². The van der Waals surface area contributed by atoms with Gasteiger partial charge in [-0.05, 0) is 0 Å². The molecule has 0 aromatic rings. The van der Waals surface area contributed by atoms with Crippen LogP contribution in [0.4, 0.5) is 0 Å². The molecule has 7 N–H and O–H groups in total. The van der Waals surface area contributed by atoms with Gasteiger partial charge in [-0.15, -0.1) is 0 Å². The van der Waals surface area contributed by atoms with Crippen LogP contribution in [0.25, 0.3) is 0 Å². The molecular weight excluding hydrogens is 466 g/mol. The van der Waals surface area contributed by atoms with Gasteiger partial charge in [0, 0.05) is 14.0 Å². The summed E-state index contributed by atoms with van der Waals surface area (Å²) in [6, 6.07) is -1.61. The Balaban J connectivity index is 2.43. The number of hydrogen-bond acceptors (Lipinski definition) is 13. The largest absolute Gasteiger partial charge is 0.479 e. The van der Waals surface area contributed by atoms with Crippen molar-refractivity contribution < 1.29 is 71.2 Å². The first-order valence-corrected chi connectivity index (χ1v) is 10.5. The lowest BCUT2D eigenvalue weighted by Gasteiger charge is -2.47. The molecule has 1 amide bonds. The second kappa shape index (κ2) is 10.6. The average molecular weight is 491 g/mol. The fourth-order valence-electron chi connectivity index (χ4n) is 3.44. The third-order valence-corrected chi connectivity index (χ3v) is 5.26. The molecule has 2 aliphatic rings. The predicted octanol–water partition coefficient (Wildman–Crippen LogP) is -4.68. The van der Waals surface area contributed by atoms with Crippen LogP contribution in [0, 0.1) is 0 Å². The van der Waals surface area contributed by atoms with Crippen LogP contribution in [0.15, 0.2) is 0 Å². The van der Waals surface area contributed by atoms with E-state index in [1.54, 1.807) is 0 Å². The Hall–Kier alpha value is -1.51. The fraction of sp³-hybridized carbons (Fsp3) is 0.867. The number of hydrogen-bond donors (Lipinski definition) is 7. The molecule has 10 atom stereocenters. The van der Waals surface area contributed by atoms with Crippen LogP contribution in [-0.4, -0.2) is 125 Å². The molecule has 0 radical (unpaired) electrons. The maximum absolute atomic E-state index is 11.6. The molecule has 0 spiro atoms. The maximum atomic E-state index is 11.6. The van der Waals surface area contributed by atoms with Crippen LogP contribution >= 0.6 is 0 Å². The van der Waals surface area contributed by atoms with Gasteiger partial charge in [-0.2, -0.15) is 8.42 Å². The molecule has 0 aromatic carbocycles. The number of methoxy groups -OCH3 is 1. The summed E-state index contributed by atoms with van der Waals surface area (Å²) in [5.74, 6) is -2.35. The Morgan fingerprint density at radius 2 is 1.69 bits per heavy atom. The number of rotatable bonds is 8. The van der Waals surface area contributed by atoms with E-state index in [0.29, 0.717) is 0 Å². The number of aliphatic hydroxyl groups is 4. The number of aliphatic hydroxyl groups excluding tert-OH is 4. The van der Waals surface area contributed by atoms with Gasteiger partial charge in [0.05, 0.1) is 6.61 Å². The minimum atomic E-state index is -5.20. The van der Waals surface area contributed by atoms with Gasteiger partial charge < -0.3 is 49.8 Å². The second-order valence-electron chi connectivity index (χ2n) is 7.01. The van der Waals surface area contributed by atoms with Crippen LogP contribution in [0.1, 0.15) is 6.92 Å². The number of ether oxygens (including phenoxy) is 4. The summed E-state index contributed by atoms with van der Waals surface area (Å²) >= 11 is 0. The van der Waals surface area contributed by atoms with Gasteiger partial charge in [0.25, 0.3) is 0 Å². The van der Waals surface area contributed by atoms with E-state index in [0.717, 1.165) is 14.0 Å². The van der Waals surface area contributed by atoms with Gasteiger partial charge in [-0.1, -0.05) is 0 Å². The number of nitrogens with one attached hydrogen (secondary N) is 1. The first kappa shape index (κ1) is 26.7. The zero-order chi connectivity index (χ0) is 24.4. The Morgan fingerprint density at radius 3 is 2.16 bits per heavy atom. The highest BCUT2D eigenvalue weighted by Gasteiger charge is 2.54. The summed E-state index contributed by atoms with van der Waals surface area (Å²) in [6.45, 7) is 0.0734. The second-order valence-corrected chi connectivity index (χ2v) is 8.06. The number of carbonyl (C=O) groups is 2. The van der Waals surface area contributed by atoms with E-state index < -0.39 is 90.2 Å². The highest BCUT2D eigenvalue weighted by Crippen LogP contribution is 2.31. The molecule has 0 saturated carbocycles. The summed E-state index contributed by atoms with van der Waals surface area (Å²) in [5, 5.41) is 51.8. The van der Waals surface area contributed by atoms with Crippen LogP contribution in [0.3, 0.4) is 0 Å². The van der Waals surface area contributed by atoms with E-state index in [9.17, 15) is 43.5 Å². The lowest BCUT2D eigenvalue weighted by atomic mass is 9.95. The molecule has 2 saturated heterocycles. The number of aliphatic carboxylic acids is 1. The lowest BCUT2D eigenvalue weighted by molar-refractivity contribution is -0.336. The van der Waals surface area contributed by atoms with Crippen molar-refractivity contribution in [3.05, 3.63) is 0 Å². The molecule has 0 aromatic heterocycles. The molecule has 0 bridgehead atoms. The molecule has 2 heterocycles. The minimum Gasteiger partial charge on any atom is -0.479 e. The molecule has 186 valence electrons. The van der Waals surface area contributed by atoms with Crippen molar-refractivity contribution in [2.75, 3.05) is 13.7 Å². The third-order valence-electron chi connectivity index (χ3n) is 4.80. The molecule has 0 aliphatic carbocycles. The van der Waals surface area contributed by atoms with Crippen molar-refractivity contribution in [2.45, 2.75) is 68.3 Å². The summed E-state index contributed by atoms with van der Waals surface area (Å²) in [4.78, 5) is 23.1. The lowest BCUT2D eigenvalue weighted by Crippen LogP contribution is -2.68. The van der Waals surface area contributed by atoms with Gasteiger partial charge in [-0.3, -0.25) is 9.35 Å². The Kier molecular flexibility index (Phi) is 8.87. The van der Waals surface area contributed by atoms with Gasteiger partial charge in [0.1, 0.15) is 42.7 Å². The standard InChI is InChI=1S/C15H25NO15S/c1-4(18)16-6-10(9(31-32(24,25)26)5(3-17)28-14(6)23)29-15-8(20)7(19)11(27-2)12(30-15)13(21)22/h5-12,14-15,17,19-20,23H,3H2,1-2H3,(H,16,18)(H,21,22)(H,24,25,26)/t5?,6-,7?,8-,9-,10?,11-,12?,14+,15+/m0/s1. The van der Waals surface area contributed by atoms with Gasteiger partial charge in [-0.25, -0.2) is 8.98 Å². The van der Waals surface area contributed by atoms with E-state index in [1.165, 1.54) is 0 Å². The summed E-state index contributed by atoms with van der Waals surface area (Å²) in [7, 11) is -4.14. The van der Waals surface area contributed by atoms with E-state index in [2.05, 4.69) is 9.50 Å². The number of carboxylic acid groups (broad SMARTS) is 1. The van der Waals surface area contributed by atoms with Crippen LogP contribution < -0.4 is 5.32 Å². The summed E-state index contributed by atoms with van der Waals surface area (Å²) in [5.41, 5.74) is 0. The summed E-state index contributed by atoms with van der Waals surface area (Å²) < 4.78 is 56.7. The van der Waals surface area contributed by atoms with Crippen molar-refractivity contribution in [3.63, 3.8) is 0 Å². The first-order valence-electron chi connectivity index (χ1n) is 9.10.